The lowest BCUT2D eigenvalue weighted by Gasteiger charge is -2.01. The predicted octanol–water partition coefficient (Wildman–Crippen LogP) is 4.82. The van der Waals surface area contributed by atoms with Crippen molar-refractivity contribution in [3.05, 3.63) is 82.4 Å². The van der Waals surface area contributed by atoms with Crippen LogP contribution in [0.4, 0.5) is 4.39 Å². The predicted molar refractivity (Wildman–Crippen MR) is 101 cm³/mol. The summed E-state index contributed by atoms with van der Waals surface area (Å²) in [6.45, 7) is 4.05. The van der Waals surface area contributed by atoms with Gasteiger partial charge in [-0.3, -0.25) is 4.79 Å². The molecule has 0 aliphatic rings. The summed E-state index contributed by atoms with van der Waals surface area (Å²) in [4.78, 5) is 16.7. The van der Waals surface area contributed by atoms with Crippen molar-refractivity contribution in [2.75, 3.05) is 0 Å². The maximum absolute atomic E-state index is 14.1. The molecule has 1 aromatic heterocycles. The SMILES string of the molecule is C=CCn1c(=NC(=O)C=Cc2ccccc2Cl)sc2cccc(F)c21. The molecule has 0 radical (unpaired) electrons. The molecule has 3 aromatic rings. The monoisotopic (exact) mass is 372 g/mol. The number of allylic oxidation sites excluding steroid dienone is 1. The van der Waals surface area contributed by atoms with Crippen LogP contribution in [0.15, 0.2) is 66.2 Å². The Labute approximate surface area is 153 Å². The minimum Gasteiger partial charge on any atom is -0.310 e. The average molecular weight is 373 g/mol. The first-order valence-electron chi connectivity index (χ1n) is 7.50. The zero-order chi connectivity index (χ0) is 17.8. The Balaban J connectivity index is 2.02. The van der Waals surface area contributed by atoms with Gasteiger partial charge < -0.3 is 4.57 Å². The highest BCUT2D eigenvalue weighted by molar-refractivity contribution is 7.16. The standard InChI is InChI=1S/C19H14ClFN2OS/c1-2-12-23-18-15(21)8-5-9-16(18)25-19(23)22-17(24)11-10-13-6-3-4-7-14(13)20/h2-11H,1,12H2. The topological polar surface area (TPSA) is 34.4 Å². The molecule has 0 N–H and O–H groups in total. The fourth-order valence-electron chi connectivity index (χ4n) is 2.37. The van der Waals surface area contributed by atoms with Crippen molar-refractivity contribution < 1.29 is 9.18 Å². The molecule has 0 aliphatic carbocycles. The highest BCUT2D eigenvalue weighted by Crippen LogP contribution is 2.20. The van der Waals surface area contributed by atoms with E-state index in [0.717, 1.165) is 10.3 Å². The number of carbonyl (C=O) groups is 1. The van der Waals surface area contributed by atoms with E-state index in [4.69, 9.17) is 11.6 Å². The molecule has 25 heavy (non-hydrogen) atoms. The second-order valence-electron chi connectivity index (χ2n) is 5.18. The van der Waals surface area contributed by atoms with E-state index < -0.39 is 5.91 Å². The molecule has 0 atom stereocenters. The largest absolute Gasteiger partial charge is 0.310 e. The molecule has 126 valence electrons. The maximum Gasteiger partial charge on any atom is 0.272 e. The number of fused-ring (bicyclic) bond motifs is 1. The molecule has 1 amide bonds. The van der Waals surface area contributed by atoms with Crippen molar-refractivity contribution in [1.29, 1.82) is 0 Å². The zero-order valence-corrected chi connectivity index (χ0v) is 14.7. The van der Waals surface area contributed by atoms with E-state index in [-0.39, 0.29) is 5.82 Å². The molecule has 0 saturated heterocycles. The van der Waals surface area contributed by atoms with Gasteiger partial charge in [-0.2, -0.15) is 4.99 Å². The van der Waals surface area contributed by atoms with Crippen LogP contribution in [-0.2, 0) is 11.3 Å². The number of benzene rings is 2. The quantitative estimate of drug-likeness (QED) is 0.477. The summed E-state index contributed by atoms with van der Waals surface area (Å²) in [5.74, 6) is -0.791. The number of halogens is 2. The number of amides is 1. The first-order valence-corrected chi connectivity index (χ1v) is 8.69. The van der Waals surface area contributed by atoms with Crippen LogP contribution >= 0.6 is 22.9 Å². The van der Waals surface area contributed by atoms with Crippen LogP contribution in [0.3, 0.4) is 0 Å². The van der Waals surface area contributed by atoms with E-state index in [1.165, 1.54) is 23.5 Å². The lowest BCUT2D eigenvalue weighted by Crippen LogP contribution is -2.16. The summed E-state index contributed by atoms with van der Waals surface area (Å²) < 4.78 is 16.5. The molecule has 0 saturated carbocycles. The molecule has 1 heterocycles. The molecule has 0 aliphatic heterocycles. The molecular formula is C19H14ClFN2OS. The van der Waals surface area contributed by atoms with E-state index in [2.05, 4.69) is 11.6 Å². The summed E-state index contributed by atoms with van der Waals surface area (Å²) in [6.07, 6.45) is 4.60. The Kier molecular flexibility index (Phi) is 5.26. The minimum absolute atomic E-state index is 0.351. The molecule has 0 fully saturated rings. The fraction of sp³-hybridized carbons (Fsp3) is 0.0526. The van der Waals surface area contributed by atoms with Gasteiger partial charge in [0.15, 0.2) is 4.80 Å². The van der Waals surface area contributed by atoms with E-state index in [1.807, 2.05) is 12.1 Å². The molecule has 3 rings (SSSR count). The van der Waals surface area contributed by atoms with Gasteiger partial charge in [-0.15, -0.1) is 6.58 Å². The first-order chi connectivity index (χ1) is 12.1. The molecule has 0 spiro atoms. The molecule has 6 heteroatoms. The lowest BCUT2D eigenvalue weighted by molar-refractivity contribution is -0.113. The Bertz CT molecular complexity index is 1050. The minimum atomic E-state index is -0.440. The summed E-state index contributed by atoms with van der Waals surface area (Å²) in [5, 5.41) is 0.553. The smallest absolute Gasteiger partial charge is 0.272 e. The second kappa shape index (κ2) is 7.59. The third kappa shape index (κ3) is 3.78. The van der Waals surface area contributed by atoms with E-state index >= 15 is 0 Å². The van der Waals surface area contributed by atoms with Crippen LogP contribution in [0, 0.1) is 5.82 Å². The van der Waals surface area contributed by atoms with Crippen molar-refractivity contribution in [3.63, 3.8) is 0 Å². The molecule has 2 aromatic carbocycles. The zero-order valence-electron chi connectivity index (χ0n) is 13.2. The lowest BCUT2D eigenvalue weighted by atomic mass is 10.2. The van der Waals surface area contributed by atoms with Crippen LogP contribution in [0.25, 0.3) is 16.3 Å². The summed E-state index contributed by atoms with van der Waals surface area (Å²) in [7, 11) is 0. The van der Waals surface area contributed by atoms with Gasteiger partial charge in [0.05, 0.1) is 10.2 Å². The number of hydrogen-bond acceptors (Lipinski definition) is 2. The number of para-hydroxylation sites is 1. The van der Waals surface area contributed by atoms with Crippen molar-refractivity contribution in [2.24, 2.45) is 4.99 Å². The van der Waals surface area contributed by atoms with Crippen LogP contribution < -0.4 is 4.80 Å². The third-order valence-corrected chi connectivity index (χ3v) is 4.87. The Morgan fingerprint density at radius 2 is 2.08 bits per heavy atom. The van der Waals surface area contributed by atoms with Crippen molar-refractivity contribution >= 4 is 45.1 Å². The van der Waals surface area contributed by atoms with Crippen molar-refractivity contribution in [2.45, 2.75) is 6.54 Å². The Morgan fingerprint density at radius 3 is 2.84 bits per heavy atom. The first kappa shape index (κ1) is 17.3. The number of hydrogen-bond donors (Lipinski definition) is 0. The van der Waals surface area contributed by atoms with Gasteiger partial charge in [-0.25, -0.2) is 4.39 Å². The average Bonchev–Trinajstić information content (AvgIpc) is 2.93. The number of thiazole rings is 1. The highest BCUT2D eigenvalue weighted by atomic mass is 35.5. The number of rotatable bonds is 4. The Morgan fingerprint density at radius 1 is 1.28 bits per heavy atom. The third-order valence-electron chi connectivity index (χ3n) is 3.48. The highest BCUT2D eigenvalue weighted by Gasteiger charge is 2.10. The molecule has 3 nitrogen and oxygen atoms in total. The number of aromatic nitrogens is 1. The van der Waals surface area contributed by atoms with Gasteiger partial charge in [-0.05, 0) is 29.8 Å². The van der Waals surface area contributed by atoms with Gasteiger partial charge in [0.1, 0.15) is 5.82 Å². The van der Waals surface area contributed by atoms with Crippen LogP contribution in [-0.4, -0.2) is 10.5 Å². The van der Waals surface area contributed by atoms with Gasteiger partial charge in [0, 0.05) is 17.6 Å². The van der Waals surface area contributed by atoms with E-state index in [9.17, 15) is 9.18 Å². The van der Waals surface area contributed by atoms with E-state index in [1.54, 1.807) is 41.0 Å². The fourth-order valence-corrected chi connectivity index (χ4v) is 3.63. The number of carbonyl (C=O) groups excluding carboxylic acids is 1. The summed E-state index contributed by atoms with van der Waals surface area (Å²) >= 11 is 7.32. The summed E-state index contributed by atoms with van der Waals surface area (Å²) in [5.41, 5.74) is 1.16. The molecular weight excluding hydrogens is 359 g/mol. The van der Waals surface area contributed by atoms with Crippen LogP contribution in [0.2, 0.25) is 5.02 Å². The number of nitrogens with zero attached hydrogens (tertiary/aromatic N) is 2. The Hall–Kier alpha value is -2.50. The van der Waals surface area contributed by atoms with Gasteiger partial charge in [0.2, 0.25) is 0 Å². The van der Waals surface area contributed by atoms with Crippen molar-refractivity contribution in [3.8, 4) is 0 Å². The van der Waals surface area contributed by atoms with Gasteiger partial charge in [0.25, 0.3) is 5.91 Å². The van der Waals surface area contributed by atoms with Crippen LogP contribution in [0.1, 0.15) is 5.56 Å². The van der Waals surface area contributed by atoms with Gasteiger partial charge in [-0.1, -0.05) is 53.3 Å². The molecule has 0 unspecified atom stereocenters. The summed E-state index contributed by atoms with van der Waals surface area (Å²) in [6, 6.07) is 12.0. The van der Waals surface area contributed by atoms with Gasteiger partial charge >= 0.3 is 0 Å². The van der Waals surface area contributed by atoms with Crippen molar-refractivity contribution in [1.82, 2.24) is 4.57 Å². The second-order valence-corrected chi connectivity index (χ2v) is 6.59. The van der Waals surface area contributed by atoms with Crippen LogP contribution in [0.5, 0.6) is 0 Å². The maximum atomic E-state index is 14.1. The normalized spacial score (nSPS) is 12.2. The van der Waals surface area contributed by atoms with E-state index in [0.29, 0.717) is 21.9 Å². The molecule has 0 bridgehead atoms.